The molecule has 1 aromatic rings. The van der Waals surface area contributed by atoms with E-state index in [2.05, 4.69) is 36.8 Å². The van der Waals surface area contributed by atoms with Gasteiger partial charge in [-0.15, -0.1) is 0 Å². The highest BCUT2D eigenvalue weighted by atomic mass is 79.9. The van der Waals surface area contributed by atoms with Crippen molar-refractivity contribution in [3.8, 4) is 0 Å². The minimum atomic E-state index is 0.00970. The first kappa shape index (κ1) is 14.0. The fourth-order valence-corrected chi connectivity index (χ4v) is 3.22. The van der Waals surface area contributed by atoms with Crippen LogP contribution in [0.3, 0.4) is 0 Å². The van der Waals surface area contributed by atoms with Crippen LogP contribution in [-0.4, -0.2) is 27.8 Å². The molecule has 1 aromatic heterocycles. The minimum absolute atomic E-state index is 0.00970. The van der Waals surface area contributed by atoms with Crippen LogP contribution >= 0.6 is 43.6 Å². The molecule has 0 N–H and O–H groups in total. The van der Waals surface area contributed by atoms with E-state index in [4.69, 9.17) is 0 Å². The number of halogens is 2. The Morgan fingerprint density at radius 3 is 2.83 bits per heavy atom. The zero-order valence-corrected chi connectivity index (χ0v) is 13.5. The average Bonchev–Trinajstić information content (AvgIpc) is 2.62. The Balaban J connectivity index is 2.16. The van der Waals surface area contributed by atoms with Gasteiger partial charge in [0.2, 0.25) is 5.91 Å². The smallest absolute Gasteiger partial charge is 0.229 e. The van der Waals surface area contributed by atoms with Crippen molar-refractivity contribution < 1.29 is 9.59 Å². The molecule has 0 saturated carbocycles. The van der Waals surface area contributed by atoms with Gasteiger partial charge < -0.3 is 0 Å². The third-order valence-corrected chi connectivity index (χ3v) is 5.24. The maximum Gasteiger partial charge on any atom is 0.229 e. The van der Waals surface area contributed by atoms with Crippen molar-refractivity contribution in [3.05, 3.63) is 21.2 Å². The highest BCUT2D eigenvalue weighted by molar-refractivity contribution is 9.13. The lowest BCUT2D eigenvalue weighted by Gasteiger charge is -2.15. The first-order valence-electron chi connectivity index (χ1n) is 5.27. The lowest BCUT2D eigenvalue weighted by Crippen LogP contribution is -2.26. The van der Waals surface area contributed by atoms with Crippen LogP contribution in [0.2, 0.25) is 0 Å². The van der Waals surface area contributed by atoms with E-state index in [-0.39, 0.29) is 16.3 Å². The maximum absolute atomic E-state index is 11.9. The van der Waals surface area contributed by atoms with Crippen molar-refractivity contribution in [1.82, 2.24) is 4.98 Å². The first-order chi connectivity index (χ1) is 8.47. The van der Waals surface area contributed by atoms with Gasteiger partial charge in [-0.3, -0.25) is 14.5 Å². The zero-order chi connectivity index (χ0) is 13.3. The summed E-state index contributed by atoms with van der Waals surface area (Å²) in [5.74, 6) is 0.622. The molecular weight excluding hydrogens is 384 g/mol. The van der Waals surface area contributed by atoms with Gasteiger partial charge in [-0.2, -0.15) is 0 Å². The average molecular weight is 394 g/mol. The molecule has 4 nitrogen and oxygen atoms in total. The molecule has 1 atom stereocenters. The molecule has 0 aromatic carbocycles. The Labute approximate surface area is 126 Å². The summed E-state index contributed by atoms with van der Waals surface area (Å²) in [6, 6.07) is 3.62. The van der Waals surface area contributed by atoms with Crippen LogP contribution < -0.4 is 4.90 Å². The van der Waals surface area contributed by atoms with Crippen LogP contribution in [0.4, 0.5) is 5.82 Å². The number of hydrogen-bond acceptors (Lipinski definition) is 4. The Bertz CT molecular complexity index is 510. The molecule has 0 bridgehead atoms. The number of carbonyl (C=O) groups is 2. The molecule has 0 aliphatic carbocycles. The second kappa shape index (κ2) is 5.71. The third-order valence-electron chi connectivity index (χ3n) is 2.49. The third kappa shape index (κ3) is 3.13. The van der Waals surface area contributed by atoms with E-state index in [9.17, 15) is 9.59 Å². The number of carbonyl (C=O) groups excluding carboxylic acids is 2. The fourth-order valence-electron chi connectivity index (χ4n) is 1.77. The quantitative estimate of drug-likeness (QED) is 0.724. The van der Waals surface area contributed by atoms with Crippen molar-refractivity contribution in [2.45, 2.75) is 18.6 Å². The summed E-state index contributed by atoms with van der Waals surface area (Å²) in [7, 11) is 0. The van der Waals surface area contributed by atoms with Gasteiger partial charge in [0.25, 0.3) is 0 Å². The molecule has 2 rings (SSSR count). The van der Waals surface area contributed by atoms with Crippen molar-refractivity contribution >= 4 is 60.5 Å². The van der Waals surface area contributed by atoms with Crippen LogP contribution in [0, 0.1) is 0 Å². The molecule has 0 spiro atoms. The molecule has 2 heterocycles. The van der Waals surface area contributed by atoms with E-state index in [0.29, 0.717) is 23.4 Å². The van der Waals surface area contributed by atoms with Crippen molar-refractivity contribution in [3.63, 3.8) is 0 Å². The van der Waals surface area contributed by atoms with Crippen LogP contribution in [0.15, 0.2) is 21.2 Å². The molecule has 7 heteroatoms. The summed E-state index contributed by atoms with van der Waals surface area (Å²) in [6.45, 7) is 2.05. The minimum Gasteiger partial charge on any atom is -0.296 e. The van der Waals surface area contributed by atoms with Crippen molar-refractivity contribution in [1.29, 1.82) is 0 Å². The second-order valence-electron chi connectivity index (χ2n) is 3.88. The molecule has 18 heavy (non-hydrogen) atoms. The Morgan fingerprint density at radius 1 is 1.50 bits per heavy atom. The van der Waals surface area contributed by atoms with Gasteiger partial charge in [0, 0.05) is 25.1 Å². The molecule has 1 fully saturated rings. The van der Waals surface area contributed by atoms with Crippen molar-refractivity contribution in [2.24, 2.45) is 0 Å². The Kier molecular flexibility index (Phi) is 4.45. The number of thioether (sulfide) groups is 1. The Morgan fingerprint density at radius 2 is 2.22 bits per heavy atom. The number of rotatable bonds is 2. The molecule has 1 unspecified atom stereocenters. The van der Waals surface area contributed by atoms with Crippen LogP contribution in [0.25, 0.3) is 0 Å². The fraction of sp³-hybridized carbons (Fsp3) is 0.364. The van der Waals surface area contributed by atoms with Gasteiger partial charge >= 0.3 is 0 Å². The monoisotopic (exact) mass is 392 g/mol. The topological polar surface area (TPSA) is 50.3 Å². The molecule has 1 amide bonds. The number of nitrogens with zero attached hydrogens (tertiary/aromatic N) is 2. The maximum atomic E-state index is 11.9. The number of anilines is 1. The van der Waals surface area contributed by atoms with E-state index in [1.165, 1.54) is 18.7 Å². The van der Waals surface area contributed by atoms with Gasteiger partial charge in [-0.25, -0.2) is 4.98 Å². The van der Waals surface area contributed by atoms with E-state index in [0.717, 1.165) is 4.47 Å². The number of amides is 1. The standard InChI is InChI=1S/C11H10Br2N2O2S/c1-6(16)18-7-4-10(17)15(5-7)9-3-2-8(12)11(13)14-9/h2-3,7H,4-5H2,1H3. The summed E-state index contributed by atoms with van der Waals surface area (Å²) in [5.41, 5.74) is 0. The molecule has 96 valence electrons. The second-order valence-corrected chi connectivity index (χ2v) is 6.96. The molecule has 1 aliphatic rings. The van der Waals surface area contributed by atoms with E-state index in [1.807, 2.05) is 6.07 Å². The normalized spacial score (nSPS) is 19.4. The van der Waals surface area contributed by atoms with Crippen LogP contribution in [0.1, 0.15) is 13.3 Å². The largest absolute Gasteiger partial charge is 0.296 e. The highest BCUT2D eigenvalue weighted by Gasteiger charge is 2.32. The van der Waals surface area contributed by atoms with E-state index in [1.54, 1.807) is 11.0 Å². The number of pyridine rings is 1. The lowest BCUT2D eigenvalue weighted by atomic mass is 10.4. The molecule has 1 aliphatic heterocycles. The Hall–Kier alpha value is -0.400. The van der Waals surface area contributed by atoms with Crippen LogP contribution in [0.5, 0.6) is 0 Å². The summed E-state index contributed by atoms with van der Waals surface area (Å²) in [4.78, 5) is 28.9. The summed E-state index contributed by atoms with van der Waals surface area (Å²) in [6.07, 6.45) is 0.389. The van der Waals surface area contributed by atoms with Gasteiger partial charge in [0.15, 0.2) is 5.12 Å². The van der Waals surface area contributed by atoms with Gasteiger partial charge in [-0.1, -0.05) is 11.8 Å². The van der Waals surface area contributed by atoms with Gasteiger partial charge in [-0.05, 0) is 44.0 Å². The number of aromatic nitrogens is 1. The number of hydrogen-bond donors (Lipinski definition) is 0. The molecule has 1 saturated heterocycles. The highest BCUT2D eigenvalue weighted by Crippen LogP contribution is 2.30. The van der Waals surface area contributed by atoms with E-state index >= 15 is 0 Å². The molecular formula is C11H10Br2N2O2S. The SMILES string of the molecule is CC(=O)SC1CC(=O)N(c2ccc(Br)c(Br)n2)C1. The van der Waals surface area contributed by atoms with E-state index < -0.39 is 0 Å². The first-order valence-corrected chi connectivity index (χ1v) is 7.73. The summed E-state index contributed by atoms with van der Waals surface area (Å²) in [5, 5.41) is 0.0684. The van der Waals surface area contributed by atoms with Crippen LogP contribution in [-0.2, 0) is 9.59 Å². The summed E-state index contributed by atoms with van der Waals surface area (Å²) >= 11 is 7.87. The molecule has 0 radical (unpaired) electrons. The van der Waals surface area contributed by atoms with Gasteiger partial charge in [0.05, 0.1) is 4.47 Å². The van der Waals surface area contributed by atoms with Crippen molar-refractivity contribution in [2.75, 3.05) is 11.4 Å². The zero-order valence-electron chi connectivity index (χ0n) is 9.52. The summed E-state index contributed by atoms with van der Waals surface area (Å²) < 4.78 is 1.50. The predicted octanol–water partition coefficient (Wildman–Crippen LogP) is 2.99. The predicted molar refractivity (Wildman–Crippen MR) is 78.7 cm³/mol. The lowest BCUT2D eigenvalue weighted by molar-refractivity contribution is -0.117. The van der Waals surface area contributed by atoms with Gasteiger partial charge in [0.1, 0.15) is 10.4 Å².